The van der Waals surface area contributed by atoms with Crippen LogP contribution in [0.3, 0.4) is 0 Å². The van der Waals surface area contributed by atoms with E-state index in [9.17, 15) is 29.4 Å². The van der Waals surface area contributed by atoms with E-state index >= 15 is 0 Å². The van der Waals surface area contributed by atoms with Crippen LogP contribution in [0.25, 0.3) is 0 Å². The first-order valence-electron chi connectivity index (χ1n) is 9.91. The quantitative estimate of drug-likeness (QED) is 0.404. The highest BCUT2D eigenvalue weighted by molar-refractivity contribution is 8.77. The number of hydrogen-bond donors (Lipinski definition) is 2. The van der Waals surface area contributed by atoms with E-state index in [1.165, 1.54) is 43.1 Å². The number of aliphatic hydroxyl groups excluding tert-OH is 2. The summed E-state index contributed by atoms with van der Waals surface area (Å²) in [5.74, 6) is -1.58. The molecule has 4 N–H and O–H groups in total. The highest BCUT2D eigenvalue weighted by Crippen LogP contribution is 2.68. The average molecular weight is 473 g/mol. The highest BCUT2D eigenvalue weighted by Gasteiger charge is 2.80. The number of amides is 2. The van der Waals surface area contributed by atoms with Crippen molar-refractivity contribution >= 4 is 56.7 Å². The Morgan fingerprint density at radius 1 is 0.800 bits per heavy atom. The van der Waals surface area contributed by atoms with E-state index in [2.05, 4.69) is 0 Å². The molecular formula is C18H20N2O7S3. The van der Waals surface area contributed by atoms with Crippen LogP contribution in [0.1, 0.15) is 25.7 Å². The lowest BCUT2D eigenvalue weighted by molar-refractivity contribution is -0.171. The minimum absolute atomic E-state index is 0. The van der Waals surface area contributed by atoms with Crippen molar-refractivity contribution in [1.82, 2.24) is 9.80 Å². The third-order valence-corrected chi connectivity index (χ3v) is 13.2. The Hall–Kier alpha value is -0.790. The highest BCUT2D eigenvalue weighted by atomic mass is 33.1. The third-order valence-electron chi connectivity index (χ3n) is 8.05. The summed E-state index contributed by atoms with van der Waals surface area (Å²) < 4.78 is 0. The van der Waals surface area contributed by atoms with Crippen LogP contribution < -0.4 is 0 Å². The zero-order chi connectivity index (χ0) is 20.0. The molecule has 2 saturated carbocycles. The maximum Gasteiger partial charge on any atom is 0.261 e. The van der Waals surface area contributed by atoms with Gasteiger partial charge in [-0.15, -0.1) is 11.8 Å². The van der Waals surface area contributed by atoms with Gasteiger partial charge in [0.25, 0.3) is 11.8 Å². The fraction of sp³-hybridized carbons (Fsp3) is 0.778. The van der Waals surface area contributed by atoms with Gasteiger partial charge in [-0.25, -0.2) is 0 Å². The van der Waals surface area contributed by atoms with Gasteiger partial charge in [-0.1, -0.05) is 21.6 Å². The molecule has 10 atom stereocenters. The average Bonchev–Trinajstić information content (AvgIpc) is 3.10. The maximum atomic E-state index is 14.1. The summed E-state index contributed by atoms with van der Waals surface area (Å²) in [5.41, 5.74) is 0. The summed E-state index contributed by atoms with van der Waals surface area (Å²) in [4.78, 5) is 54.1. The van der Waals surface area contributed by atoms with Crippen LogP contribution in [0.2, 0.25) is 0 Å². The molecule has 0 radical (unpaired) electrons. The Bertz CT molecular complexity index is 933. The van der Waals surface area contributed by atoms with E-state index in [1.807, 2.05) is 0 Å². The first-order chi connectivity index (χ1) is 13.8. The molecule has 5 heterocycles. The number of piperazine rings is 1. The number of hydrogen-bond acceptors (Lipinski definition) is 9. The molecule has 2 aliphatic carbocycles. The van der Waals surface area contributed by atoms with E-state index in [1.54, 1.807) is 0 Å². The SMILES string of the molecule is O.O=C1C[C@H]2SS[C@@]34C[C@@H]1[C@@H]([C@H]2O)N3C(=O)[C@@]12C[C@H]3C(=O)C[C@@H](S1)[C@H](O)[C@H]3N2C4=O. The number of carbonyl (C=O) groups excluding carboxylic acids is 4. The molecule has 0 aromatic rings. The fourth-order valence-electron chi connectivity index (χ4n) is 6.86. The molecule has 5 saturated heterocycles. The van der Waals surface area contributed by atoms with E-state index < -0.39 is 51.1 Å². The Morgan fingerprint density at radius 3 is 1.97 bits per heavy atom. The molecular weight excluding hydrogens is 452 g/mol. The van der Waals surface area contributed by atoms with Crippen molar-refractivity contribution in [1.29, 1.82) is 0 Å². The van der Waals surface area contributed by atoms with Gasteiger partial charge < -0.3 is 25.5 Å². The van der Waals surface area contributed by atoms with Crippen molar-refractivity contribution in [2.45, 2.75) is 70.2 Å². The van der Waals surface area contributed by atoms with Crippen LogP contribution in [0.5, 0.6) is 0 Å². The van der Waals surface area contributed by atoms with E-state index in [0.717, 1.165) is 0 Å². The Kier molecular flexibility index (Phi) is 3.81. The number of fused-ring (bicyclic) bond motifs is 2. The number of carbonyl (C=O) groups is 4. The predicted molar refractivity (Wildman–Crippen MR) is 108 cm³/mol. The molecule has 0 unspecified atom stereocenters. The van der Waals surface area contributed by atoms with Gasteiger partial charge in [0.1, 0.15) is 11.6 Å². The molecule has 0 aromatic carbocycles. The van der Waals surface area contributed by atoms with Gasteiger partial charge in [0.05, 0.1) is 29.5 Å². The fourth-order valence-corrected chi connectivity index (χ4v) is 12.2. The summed E-state index contributed by atoms with van der Waals surface area (Å²) in [5, 5.41) is 21.1. The molecule has 5 aliphatic heterocycles. The summed E-state index contributed by atoms with van der Waals surface area (Å²) in [6, 6.07) is -1.35. The van der Waals surface area contributed by atoms with Crippen molar-refractivity contribution in [3.05, 3.63) is 0 Å². The molecule has 2 amide bonds. The topological polar surface area (TPSA) is 147 Å². The lowest BCUT2D eigenvalue weighted by atomic mass is 9.80. The number of ketones is 2. The minimum atomic E-state index is -1.24. The lowest BCUT2D eigenvalue weighted by Gasteiger charge is -2.58. The molecule has 7 fully saturated rings. The van der Waals surface area contributed by atoms with Crippen LogP contribution in [-0.4, -0.2) is 93.4 Å². The second-order valence-electron chi connectivity index (χ2n) is 9.22. The van der Waals surface area contributed by atoms with Gasteiger partial charge in [0.2, 0.25) is 0 Å². The number of aliphatic hydroxyl groups is 2. The number of rotatable bonds is 0. The van der Waals surface area contributed by atoms with Crippen LogP contribution >= 0.6 is 33.3 Å². The van der Waals surface area contributed by atoms with Crippen molar-refractivity contribution in [2.24, 2.45) is 11.8 Å². The second-order valence-corrected chi connectivity index (χ2v) is 13.5. The van der Waals surface area contributed by atoms with Crippen molar-refractivity contribution in [2.75, 3.05) is 0 Å². The molecule has 12 heteroatoms. The van der Waals surface area contributed by atoms with Crippen molar-refractivity contribution < 1.29 is 34.9 Å². The Labute approximate surface area is 183 Å². The summed E-state index contributed by atoms with van der Waals surface area (Å²) in [7, 11) is 2.61. The van der Waals surface area contributed by atoms with Gasteiger partial charge in [-0.3, -0.25) is 19.2 Å². The van der Waals surface area contributed by atoms with E-state index in [4.69, 9.17) is 0 Å². The zero-order valence-corrected chi connectivity index (χ0v) is 18.0. The zero-order valence-electron chi connectivity index (χ0n) is 15.6. The Balaban J connectivity index is 0.00000175. The molecule has 6 bridgehead atoms. The third kappa shape index (κ3) is 1.86. The predicted octanol–water partition coefficient (Wildman–Crippen LogP) is -1.45. The van der Waals surface area contributed by atoms with Gasteiger partial charge in [-0.05, 0) is 0 Å². The first-order valence-corrected chi connectivity index (χ1v) is 13.0. The van der Waals surface area contributed by atoms with Crippen LogP contribution in [0, 0.1) is 11.8 Å². The van der Waals surface area contributed by atoms with E-state index in [0.29, 0.717) is 0 Å². The summed E-state index contributed by atoms with van der Waals surface area (Å²) >= 11 is 1.24. The Morgan fingerprint density at radius 2 is 1.30 bits per heavy atom. The van der Waals surface area contributed by atoms with Crippen LogP contribution in [-0.2, 0) is 19.2 Å². The molecule has 0 aromatic heterocycles. The molecule has 30 heavy (non-hydrogen) atoms. The van der Waals surface area contributed by atoms with E-state index in [-0.39, 0.29) is 59.8 Å². The van der Waals surface area contributed by atoms with Crippen LogP contribution in [0.4, 0.5) is 0 Å². The molecule has 162 valence electrons. The van der Waals surface area contributed by atoms with Crippen molar-refractivity contribution in [3.63, 3.8) is 0 Å². The summed E-state index contributed by atoms with van der Waals surface area (Å²) in [6.45, 7) is 0. The standard InChI is InChI=1S/C18H18N2O6S3.H2O/c21-7-1-9-13(23)11-5(7)3-17(27-9)15(25)20-12-6-4-18(20,16(26)19(11)17)29-28-10(14(12)24)2-8(6)22;/h5-6,9-14,23-24H,1-4H2;1H2/t5-,6-,9+,10+,11-,12-,13-,14-,17+,18+;/m0./s1. The number of thioether (sulfide) groups is 1. The maximum absolute atomic E-state index is 14.1. The second kappa shape index (κ2) is 5.76. The van der Waals surface area contributed by atoms with Gasteiger partial charge in [0, 0.05) is 42.8 Å². The number of nitrogens with zero attached hydrogens (tertiary/aromatic N) is 2. The molecule has 7 aliphatic rings. The normalized spacial score (nSPS) is 54.9. The van der Waals surface area contributed by atoms with Gasteiger partial charge >= 0.3 is 0 Å². The largest absolute Gasteiger partial charge is 0.412 e. The summed E-state index contributed by atoms with van der Waals surface area (Å²) in [6.07, 6.45) is -0.791. The monoisotopic (exact) mass is 472 g/mol. The molecule has 7 rings (SSSR count). The first kappa shape index (κ1) is 19.9. The molecule has 9 nitrogen and oxygen atoms in total. The van der Waals surface area contributed by atoms with Gasteiger partial charge in [-0.2, -0.15) is 0 Å². The minimum Gasteiger partial charge on any atom is -0.412 e. The van der Waals surface area contributed by atoms with Crippen LogP contribution in [0.15, 0.2) is 0 Å². The lowest BCUT2D eigenvalue weighted by Crippen LogP contribution is -2.77. The van der Waals surface area contributed by atoms with Gasteiger partial charge in [0.15, 0.2) is 9.74 Å². The molecule has 0 spiro atoms. The number of Topliss-reactive ketones (excluding diaryl/α,β-unsaturated/α-hetero) is 2. The van der Waals surface area contributed by atoms with Crippen molar-refractivity contribution in [3.8, 4) is 0 Å². The smallest absolute Gasteiger partial charge is 0.261 e.